The monoisotopic (exact) mass is 1280 g/mol. The van der Waals surface area contributed by atoms with E-state index in [1.165, 1.54) is 295 Å². The Morgan fingerprint density at radius 1 is 0.341 bits per heavy atom. The molecule has 0 saturated carbocycles. The van der Waals surface area contributed by atoms with Crippen molar-refractivity contribution in [3.63, 3.8) is 0 Å². The highest BCUT2D eigenvalue weighted by atomic mass is 16.7. The molecule has 0 aromatic carbocycles. The van der Waals surface area contributed by atoms with Crippen LogP contribution in [0.15, 0.2) is 60.8 Å². The van der Waals surface area contributed by atoms with E-state index < -0.39 is 24.3 Å². The first-order valence-electron chi connectivity index (χ1n) is 39.5. The number of rotatable bonds is 74. The van der Waals surface area contributed by atoms with Crippen molar-refractivity contribution < 1.29 is 42.9 Å². The molecule has 0 aromatic rings. The molecule has 1 N–H and O–H groups in total. The number of quaternary nitrogens is 1. The second-order valence-electron chi connectivity index (χ2n) is 28.0. The molecule has 0 fully saturated rings. The van der Waals surface area contributed by atoms with Gasteiger partial charge in [0.2, 0.25) is 0 Å². The van der Waals surface area contributed by atoms with Crippen molar-refractivity contribution in [2.24, 2.45) is 0 Å². The van der Waals surface area contributed by atoms with Crippen molar-refractivity contribution in [1.29, 1.82) is 0 Å². The van der Waals surface area contributed by atoms with Crippen LogP contribution in [0.1, 0.15) is 386 Å². The number of hydrogen-bond acceptors (Lipinski definition) is 7. The topological polar surface area (TPSA) is 108 Å². The number of hydrogen-bond donors (Lipinski definition) is 1. The molecule has 0 aliphatic carbocycles. The molecule has 2 unspecified atom stereocenters. The quantitative estimate of drug-likeness (QED) is 0.0211. The molecule has 0 heterocycles. The summed E-state index contributed by atoms with van der Waals surface area (Å²) >= 11 is 0. The normalized spacial score (nSPS) is 12.9. The molecule has 9 nitrogen and oxygen atoms in total. The van der Waals surface area contributed by atoms with E-state index in [9.17, 15) is 19.5 Å². The highest BCUT2D eigenvalue weighted by molar-refractivity contribution is 5.71. The molecule has 0 radical (unpaired) electrons. The standard InChI is InChI=1S/C82H151NO8/c1-6-8-10-12-14-16-18-20-22-24-26-28-30-32-33-34-35-36-37-38-39-40-41-42-43-44-45-46-47-49-50-52-54-56-58-60-62-64-66-68-70-72-79(84)89-76-78(77-90-82(81(86)87)88-75-74-83(3,4)5)91-80(85)73-71-69-67-65-63-61-59-57-55-53-51-48-31-29-27-25-23-21-19-17-15-13-11-9-7-2/h9,11,15,17,21,23-24,26-27,29,78,82H,6-8,10,12-14,16,18-20,22,25,28,30-77H2,1-5H3/p+1/b11-9-,17-15-,23-21-,26-24-,29-27-. The van der Waals surface area contributed by atoms with Crippen molar-refractivity contribution in [1.82, 2.24) is 0 Å². The number of ether oxygens (including phenoxy) is 4. The summed E-state index contributed by atoms with van der Waals surface area (Å²) in [4.78, 5) is 37.7. The molecule has 0 bridgehead atoms. The summed E-state index contributed by atoms with van der Waals surface area (Å²) in [5.74, 6) is -1.99. The molecule has 0 aliphatic rings. The Morgan fingerprint density at radius 2 is 0.626 bits per heavy atom. The molecule has 0 spiro atoms. The average Bonchev–Trinajstić information content (AvgIpc) is 3.46. The van der Waals surface area contributed by atoms with Gasteiger partial charge >= 0.3 is 17.9 Å². The Morgan fingerprint density at radius 3 is 0.945 bits per heavy atom. The van der Waals surface area contributed by atoms with Gasteiger partial charge in [-0.2, -0.15) is 0 Å². The van der Waals surface area contributed by atoms with E-state index in [2.05, 4.69) is 74.6 Å². The van der Waals surface area contributed by atoms with Crippen molar-refractivity contribution in [2.75, 3.05) is 47.5 Å². The molecule has 0 aromatic heterocycles. The van der Waals surface area contributed by atoms with E-state index in [0.717, 1.165) is 64.2 Å². The zero-order valence-electron chi connectivity index (χ0n) is 61.0. The number of nitrogens with zero attached hydrogens (tertiary/aromatic N) is 1. The summed E-state index contributed by atoms with van der Waals surface area (Å²) in [5.41, 5.74) is 0. The predicted octanol–water partition coefficient (Wildman–Crippen LogP) is 25.0. The molecular weight excluding hydrogens is 1130 g/mol. The van der Waals surface area contributed by atoms with Crippen LogP contribution in [0.4, 0.5) is 0 Å². The van der Waals surface area contributed by atoms with Gasteiger partial charge in [0.05, 0.1) is 34.4 Å². The molecule has 2 atom stereocenters. The number of aliphatic carboxylic acids is 1. The van der Waals surface area contributed by atoms with Gasteiger partial charge in [0, 0.05) is 12.8 Å². The zero-order chi connectivity index (χ0) is 66.1. The maximum Gasteiger partial charge on any atom is 0.361 e. The second-order valence-corrected chi connectivity index (χ2v) is 28.0. The maximum absolute atomic E-state index is 13.0. The Labute approximate surface area is 565 Å². The number of likely N-dealkylation sites (N-methyl/N-ethyl adjacent to an activating group) is 1. The van der Waals surface area contributed by atoms with Gasteiger partial charge in [0.25, 0.3) is 6.29 Å². The van der Waals surface area contributed by atoms with E-state index >= 15 is 0 Å². The second kappa shape index (κ2) is 72.8. The van der Waals surface area contributed by atoms with Gasteiger partial charge in [-0.25, -0.2) is 4.79 Å². The minimum Gasteiger partial charge on any atom is -0.477 e. The van der Waals surface area contributed by atoms with Gasteiger partial charge in [0.1, 0.15) is 13.2 Å². The third kappa shape index (κ3) is 74.3. The number of carbonyl (C=O) groups excluding carboxylic acids is 2. The van der Waals surface area contributed by atoms with Gasteiger partial charge in [-0.15, -0.1) is 0 Å². The Balaban J connectivity index is 3.93. The Bertz CT molecular complexity index is 1680. The van der Waals surface area contributed by atoms with E-state index in [-0.39, 0.29) is 32.2 Å². The largest absolute Gasteiger partial charge is 0.477 e. The summed E-state index contributed by atoms with van der Waals surface area (Å²) in [5, 5.41) is 9.76. The van der Waals surface area contributed by atoms with E-state index in [1.807, 2.05) is 21.1 Å². The number of unbranched alkanes of at least 4 members (excludes halogenated alkanes) is 49. The SMILES string of the molecule is CC/C=C\C/C=C\C/C=C\C/C=C\CCCCCCCCCCCCCCC(=O)OC(COC(=O)CCCCCCCCCCCCCCCCCCCCCCCCCCCCCCC/C=C\CCCCCCCCCC)COC(OCC[N+](C)(C)C)C(=O)O. The molecular formula is C82H152NO8+. The average molecular weight is 1280 g/mol. The molecule has 0 amide bonds. The summed E-state index contributed by atoms with van der Waals surface area (Å²) in [6, 6.07) is 0. The fourth-order valence-electron chi connectivity index (χ4n) is 11.8. The molecule has 0 rings (SSSR count). The van der Waals surface area contributed by atoms with Crippen LogP contribution in [-0.4, -0.2) is 87.4 Å². The molecule has 0 saturated heterocycles. The summed E-state index contributed by atoms with van der Waals surface area (Å²) in [6.07, 6.45) is 93.9. The van der Waals surface area contributed by atoms with E-state index in [4.69, 9.17) is 18.9 Å². The van der Waals surface area contributed by atoms with Crippen molar-refractivity contribution in [2.45, 2.75) is 399 Å². The Kier molecular flexibility index (Phi) is 70.4. The first-order valence-corrected chi connectivity index (χ1v) is 39.5. The van der Waals surface area contributed by atoms with Crippen LogP contribution >= 0.6 is 0 Å². The van der Waals surface area contributed by atoms with Gasteiger partial charge < -0.3 is 28.5 Å². The zero-order valence-corrected chi connectivity index (χ0v) is 61.0. The van der Waals surface area contributed by atoms with Crippen LogP contribution in [0.3, 0.4) is 0 Å². The van der Waals surface area contributed by atoms with E-state index in [0.29, 0.717) is 17.4 Å². The minimum absolute atomic E-state index is 0.180. The van der Waals surface area contributed by atoms with Gasteiger partial charge in [-0.05, 0) is 77.0 Å². The first kappa shape index (κ1) is 88.0. The first-order chi connectivity index (χ1) is 44.6. The number of esters is 2. The summed E-state index contributed by atoms with van der Waals surface area (Å²) < 4.78 is 23.0. The smallest absolute Gasteiger partial charge is 0.361 e. The summed E-state index contributed by atoms with van der Waals surface area (Å²) in [7, 11) is 5.99. The van der Waals surface area contributed by atoms with Gasteiger partial charge in [-0.3, -0.25) is 9.59 Å². The van der Waals surface area contributed by atoms with Crippen LogP contribution in [0.25, 0.3) is 0 Å². The van der Waals surface area contributed by atoms with Crippen molar-refractivity contribution >= 4 is 17.9 Å². The third-order valence-corrected chi connectivity index (χ3v) is 17.8. The maximum atomic E-state index is 13.0. The van der Waals surface area contributed by atoms with Crippen LogP contribution in [0.5, 0.6) is 0 Å². The lowest BCUT2D eigenvalue weighted by atomic mass is 10.0. The lowest BCUT2D eigenvalue weighted by Gasteiger charge is -2.25. The number of allylic oxidation sites excluding steroid dienone is 10. The van der Waals surface area contributed by atoms with Crippen molar-refractivity contribution in [3.8, 4) is 0 Å². The van der Waals surface area contributed by atoms with Gasteiger partial charge in [-0.1, -0.05) is 357 Å². The summed E-state index contributed by atoms with van der Waals surface area (Å²) in [6.45, 7) is 4.82. The van der Waals surface area contributed by atoms with Crippen molar-refractivity contribution in [3.05, 3.63) is 60.8 Å². The van der Waals surface area contributed by atoms with Crippen LogP contribution < -0.4 is 0 Å². The Hall–Kier alpha value is -3.01. The van der Waals surface area contributed by atoms with Gasteiger partial charge in [0.15, 0.2) is 6.10 Å². The van der Waals surface area contributed by atoms with E-state index in [1.54, 1.807) is 0 Å². The van der Waals surface area contributed by atoms with Crippen LogP contribution in [0.2, 0.25) is 0 Å². The third-order valence-electron chi connectivity index (χ3n) is 17.8. The fraction of sp³-hybridized carbons (Fsp3) is 0.841. The minimum atomic E-state index is -1.51. The highest BCUT2D eigenvalue weighted by Crippen LogP contribution is 2.19. The molecule has 532 valence electrons. The molecule has 91 heavy (non-hydrogen) atoms. The lowest BCUT2D eigenvalue weighted by molar-refractivity contribution is -0.870. The molecule has 9 heteroatoms. The fourth-order valence-corrected chi connectivity index (χ4v) is 11.8. The van der Waals surface area contributed by atoms with Crippen LogP contribution in [-0.2, 0) is 33.3 Å². The highest BCUT2D eigenvalue weighted by Gasteiger charge is 2.25. The lowest BCUT2D eigenvalue weighted by Crippen LogP contribution is -2.40. The van der Waals surface area contributed by atoms with Crippen LogP contribution in [0, 0.1) is 0 Å². The molecule has 0 aliphatic heterocycles. The number of carbonyl (C=O) groups is 3. The number of carboxylic acid groups (broad SMARTS) is 1. The predicted molar refractivity (Wildman–Crippen MR) is 392 cm³/mol. The number of carboxylic acids is 1.